The fourth-order valence-corrected chi connectivity index (χ4v) is 4.63. The molecule has 0 aliphatic carbocycles. The number of rotatable bonds is 6. The summed E-state index contributed by atoms with van der Waals surface area (Å²) in [5, 5.41) is -0.187. The van der Waals surface area contributed by atoms with Crippen molar-refractivity contribution in [3.63, 3.8) is 0 Å². The van der Waals surface area contributed by atoms with Crippen LogP contribution in [0.1, 0.15) is 28.8 Å². The summed E-state index contributed by atoms with van der Waals surface area (Å²) < 4.78 is 53.0. The van der Waals surface area contributed by atoms with Gasteiger partial charge in [0.25, 0.3) is 5.91 Å². The van der Waals surface area contributed by atoms with Gasteiger partial charge in [-0.15, -0.1) is 0 Å². The maximum Gasteiger partial charge on any atom is 0.317 e. The second-order valence-electron chi connectivity index (χ2n) is 7.46. The van der Waals surface area contributed by atoms with Gasteiger partial charge in [-0.05, 0) is 54.7 Å². The Hall–Kier alpha value is -2.79. The van der Waals surface area contributed by atoms with E-state index in [9.17, 15) is 31.9 Å². The van der Waals surface area contributed by atoms with Gasteiger partial charge in [-0.1, -0.05) is 17.7 Å². The van der Waals surface area contributed by atoms with E-state index in [2.05, 4.69) is 0 Å². The Morgan fingerprint density at radius 3 is 2.35 bits per heavy atom. The predicted molar refractivity (Wildman–Crippen MR) is 121 cm³/mol. The number of nitrogens with zero attached hydrogens (tertiary/aromatic N) is 1. The van der Waals surface area contributed by atoms with E-state index in [1.807, 2.05) is 0 Å². The van der Waals surface area contributed by atoms with Gasteiger partial charge in [0.15, 0.2) is 0 Å². The van der Waals surface area contributed by atoms with Crippen molar-refractivity contribution in [2.75, 3.05) is 16.4 Å². The highest BCUT2D eigenvalue weighted by Gasteiger charge is 2.28. The largest absolute Gasteiger partial charge is 0.317 e. The number of amides is 3. The summed E-state index contributed by atoms with van der Waals surface area (Å²) in [6, 6.07) is 7.13. The van der Waals surface area contributed by atoms with Crippen LogP contribution in [-0.4, -0.2) is 35.7 Å². The number of hydrazine groups is 1. The second kappa shape index (κ2) is 11.6. The van der Waals surface area contributed by atoms with Crippen LogP contribution >= 0.6 is 23.4 Å². The number of carbonyl (C=O) groups is 3. The molecule has 0 saturated carbocycles. The van der Waals surface area contributed by atoms with Crippen LogP contribution in [0.5, 0.6) is 0 Å². The smallest absolute Gasteiger partial charge is 0.308 e. The van der Waals surface area contributed by atoms with Gasteiger partial charge in [0.1, 0.15) is 11.6 Å². The van der Waals surface area contributed by atoms with Crippen molar-refractivity contribution in [3.05, 3.63) is 64.2 Å². The van der Waals surface area contributed by atoms with Crippen LogP contribution in [0.3, 0.4) is 0 Å². The third-order valence-corrected chi connectivity index (χ3v) is 6.53. The summed E-state index contributed by atoms with van der Waals surface area (Å²) in [7, 11) is 0. The van der Waals surface area contributed by atoms with Crippen molar-refractivity contribution in [2.24, 2.45) is 5.92 Å². The Bertz CT molecular complexity index is 1080. The van der Waals surface area contributed by atoms with Gasteiger partial charge in [-0.2, -0.15) is 20.5 Å². The average Bonchev–Trinajstić information content (AvgIpc) is 2.83. The summed E-state index contributed by atoms with van der Waals surface area (Å²) >= 11 is 7.64. The molecule has 1 fully saturated rings. The second-order valence-corrected chi connectivity index (χ2v) is 9.09. The Balaban J connectivity index is 1.82. The number of halogens is 5. The maximum absolute atomic E-state index is 14.8. The number of carbonyl (C=O) groups excluding carboxylic acids is 3. The van der Waals surface area contributed by atoms with Gasteiger partial charge in [0, 0.05) is 22.7 Å². The highest BCUT2D eigenvalue weighted by Crippen LogP contribution is 2.30. The molecule has 1 heterocycles. The minimum Gasteiger partial charge on any atom is -0.308 e. The molecule has 0 aromatic heterocycles. The maximum atomic E-state index is 14.8. The number of alkyl halides is 2. The molecular weight excluding hydrogens is 498 g/mol. The molecule has 3 amide bonds. The van der Waals surface area contributed by atoms with E-state index in [-0.39, 0.29) is 34.5 Å². The standard InChI is InChI=1S/C22H20ClF4N3O3S/c23-16-10-15(3-4-17(16)24)30(22(33)12-5-7-34-8-6-12)11-14-2-1-13(9-18(14)25)20(31)28-29-21(32)19(26)27/h1-4,9-10,12,19H,5-8,11H2,(H,28,31)(H,29,32). The van der Waals surface area contributed by atoms with Crippen LogP contribution in [0.25, 0.3) is 0 Å². The molecule has 6 nitrogen and oxygen atoms in total. The van der Waals surface area contributed by atoms with E-state index in [1.54, 1.807) is 17.2 Å². The fourth-order valence-electron chi connectivity index (χ4n) is 3.35. The van der Waals surface area contributed by atoms with E-state index in [0.717, 1.165) is 23.6 Å². The Labute approximate surface area is 202 Å². The van der Waals surface area contributed by atoms with Crippen LogP contribution in [0.4, 0.5) is 23.2 Å². The number of nitrogens with one attached hydrogen (secondary N) is 2. The van der Waals surface area contributed by atoms with Gasteiger partial charge in [0.2, 0.25) is 5.91 Å². The lowest BCUT2D eigenvalue weighted by atomic mass is 10.00. The van der Waals surface area contributed by atoms with Crippen LogP contribution in [0, 0.1) is 17.6 Å². The fraction of sp³-hybridized carbons (Fsp3) is 0.318. The zero-order valence-corrected chi connectivity index (χ0v) is 19.2. The van der Waals surface area contributed by atoms with Crippen LogP contribution in [0.2, 0.25) is 5.02 Å². The average molecular weight is 518 g/mol. The molecule has 182 valence electrons. The Morgan fingerprint density at radius 2 is 1.74 bits per heavy atom. The van der Waals surface area contributed by atoms with E-state index in [0.29, 0.717) is 18.5 Å². The molecule has 3 rings (SSSR count). The van der Waals surface area contributed by atoms with Crippen LogP contribution < -0.4 is 15.8 Å². The minimum atomic E-state index is -3.33. The quantitative estimate of drug-likeness (QED) is 0.442. The molecule has 0 spiro atoms. The molecule has 1 saturated heterocycles. The topological polar surface area (TPSA) is 78.5 Å². The van der Waals surface area contributed by atoms with Gasteiger partial charge >= 0.3 is 12.3 Å². The Morgan fingerprint density at radius 1 is 1.03 bits per heavy atom. The molecule has 0 unspecified atom stereocenters. The molecule has 1 aliphatic rings. The highest BCUT2D eigenvalue weighted by molar-refractivity contribution is 7.99. The molecule has 1 aliphatic heterocycles. The number of anilines is 1. The summed E-state index contributed by atoms with van der Waals surface area (Å²) in [6.45, 7) is -0.208. The van der Waals surface area contributed by atoms with E-state index in [4.69, 9.17) is 11.6 Å². The van der Waals surface area contributed by atoms with Crippen molar-refractivity contribution in [1.29, 1.82) is 0 Å². The summed E-state index contributed by atoms with van der Waals surface area (Å²) in [5.41, 5.74) is 3.41. The number of hydrogen-bond acceptors (Lipinski definition) is 4. The first-order chi connectivity index (χ1) is 16.2. The van der Waals surface area contributed by atoms with E-state index in [1.165, 1.54) is 34.6 Å². The molecular formula is C22H20ClF4N3O3S. The molecule has 34 heavy (non-hydrogen) atoms. The predicted octanol–water partition coefficient (Wildman–Crippen LogP) is 4.32. The van der Waals surface area contributed by atoms with Crippen molar-refractivity contribution in [1.82, 2.24) is 10.9 Å². The zero-order valence-electron chi connectivity index (χ0n) is 17.6. The summed E-state index contributed by atoms with van der Waals surface area (Å²) in [5.74, 6) is -3.11. The molecule has 0 radical (unpaired) electrons. The Kier molecular flexibility index (Phi) is 8.78. The lowest BCUT2D eigenvalue weighted by molar-refractivity contribution is -0.132. The molecule has 0 atom stereocenters. The third kappa shape index (κ3) is 6.41. The zero-order chi connectivity index (χ0) is 24.8. The number of hydrogen-bond donors (Lipinski definition) is 2. The normalized spacial score (nSPS) is 14.1. The summed E-state index contributed by atoms with van der Waals surface area (Å²) in [6.07, 6.45) is -2.02. The first-order valence-electron chi connectivity index (χ1n) is 10.2. The molecule has 12 heteroatoms. The van der Waals surface area contributed by atoms with Crippen LogP contribution in [-0.2, 0) is 16.1 Å². The molecule has 0 bridgehead atoms. The number of thioether (sulfide) groups is 1. The van der Waals surface area contributed by atoms with Crippen LogP contribution in [0.15, 0.2) is 36.4 Å². The van der Waals surface area contributed by atoms with E-state index < -0.39 is 29.9 Å². The lowest BCUT2D eigenvalue weighted by Gasteiger charge is -2.29. The highest BCUT2D eigenvalue weighted by atomic mass is 35.5. The SMILES string of the molecule is O=C(NNC(=O)C(F)F)c1ccc(CN(C(=O)C2CCSCC2)c2ccc(F)c(Cl)c2)c(F)c1. The van der Waals surface area contributed by atoms with Gasteiger partial charge < -0.3 is 4.90 Å². The molecule has 2 aromatic rings. The van der Waals surface area contributed by atoms with Crippen molar-refractivity contribution >= 4 is 46.8 Å². The van der Waals surface area contributed by atoms with Crippen molar-refractivity contribution < 1.29 is 31.9 Å². The lowest BCUT2D eigenvalue weighted by Crippen LogP contribution is -2.44. The third-order valence-electron chi connectivity index (χ3n) is 5.19. The van der Waals surface area contributed by atoms with E-state index >= 15 is 0 Å². The minimum absolute atomic E-state index is 0.0622. The van der Waals surface area contributed by atoms with Gasteiger partial charge in [0.05, 0.1) is 11.6 Å². The van der Waals surface area contributed by atoms with Gasteiger partial charge in [-0.3, -0.25) is 25.2 Å². The number of benzene rings is 2. The summed E-state index contributed by atoms with van der Waals surface area (Å²) in [4.78, 5) is 37.5. The first kappa shape index (κ1) is 25.8. The first-order valence-corrected chi connectivity index (χ1v) is 11.7. The van der Waals surface area contributed by atoms with Crippen molar-refractivity contribution in [3.8, 4) is 0 Å². The van der Waals surface area contributed by atoms with Crippen molar-refractivity contribution in [2.45, 2.75) is 25.8 Å². The monoisotopic (exact) mass is 517 g/mol. The molecule has 2 aromatic carbocycles. The molecule has 2 N–H and O–H groups in total. The van der Waals surface area contributed by atoms with Gasteiger partial charge in [-0.25, -0.2) is 8.78 Å².